The van der Waals surface area contributed by atoms with Gasteiger partial charge >= 0.3 is 5.97 Å². The molecule has 0 amide bonds. The highest BCUT2D eigenvalue weighted by molar-refractivity contribution is 5.89. The largest absolute Gasteiger partial charge is 0.465 e. The fourth-order valence-electron chi connectivity index (χ4n) is 3.41. The predicted octanol–water partition coefficient (Wildman–Crippen LogP) is 3.37. The van der Waals surface area contributed by atoms with E-state index in [4.69, 9.17) is 10.00 Å². The number of esters is 1. The number of nitriles is 1. The summed E-state index contributed by atoms with van der Waals surface area (Å²) in [4.78, 5) is 15.9. The summed E-state index contributed by atoms with van der Waals surface area (Å²) in [7, 11) is 1.37. The molecule has 3 rings (SSSR count). The summed E-state index contributed by atoms with van der Waals surface area (Å²) in [5, 5.41) is 8.87. The number of ether oxygens (including phenoxy) is 1. The lowest BCUT2D eigenvalue weighted by atomic mass is 10.0. The van der Waals surface area contributed by atoms with Crippen molar-refractivity contribution in [2.24, 2.45) is 0 Å². The smallest absolute Gasteiger partial charge is 0.337 e. The van der Waals surface area contributed by atoms with Crippen LogP contribution in [0.3, 0.4) is 0 Å². The number of piperazine rings is 1. The molecule has 1 saturated heterocycles. The van der Waals surface area contributed by atoms with Gasteiger partial charge in [-0.2, -0.15) is 5.26 Å². The minimum Gasteiger partial charge on any atom is -0.465 e. The van der Waals surface area contributed by atoms with Crippen LogP contribution in [0.1, 0.15) is 34.5 Å². The number of carbonyl (C=O) groups is 1. The van der Waals surface area contributed by atoms with E-state index in [0.717, 1.165) is 18.7 Å². The van der Waals surface area contributed by atoms with E-state index in [9.17, 15) is 9.18 Å². The molecule has 5 nitrogen and oxygen atoms in total. The summed E-state index contributed by atoms with van der Waals surface area (Å²) in [6.07, 6.45) is 0. The van der Waals surface area contributed by atoms with Crippen molar-refractivity contribution in [3.05, 3.63) is 65.0 Å². The topological polar surface area (TPSA) is 56.6 Å². The molecule has 1 atom stereocenters. The van der Waals surface area contributed by atoms with Gasteiger partial charge < -0.3 is 9.64 Å². The van der Waals surface area contributed by atoms with Crippen molar-refractivity contribution in [3.8, 4) is 6.07 Å². The second kappa shape index (κ2) is 8.19. The summed E-state index contributed by atoms with van der Waals surface area (Å²) < 4.78 is 19.0. The molecule has 2 aromatic carbocycles. The van der Waals surface area contributed by atoms with Crippen LogP contribution in [0.25, 0.3) is 0 Å². The zero-order valence-corrected chi connectivity index (χ0v) is 15.5. The Labute approximate surface area is 158 Å². The molecule has 1 unspecified atom stereocenters. The molecule has 0 aromatic heterocycles. The van der Waals surface area contributed by atoms with Crippen LogP contribution in [-0.2, 0) is 4.74 Å². The molecule has 6 heteroatoms. The number of methoxy groups -OCH3 is 1. The molecule has 27 heavy (non-hydrogen) atoms. The lowest BCUT2D eigenvalue weighted by Crippen LogP contribution is -2.47. The average molecular weight is 367 g/mol. The van der Waals surface area contributed by atoms with Crippen LogP contribution in [0.2, 0.25) is 0 Å². The highest BCUT2D eigenvalue weighted by Crippen LogP contribution is 2.26. The van der Waals surface area contributed by atoms with Gasteiger partial charge in [0.05, 0.1) is 30.0 Å². The van der Waals surface area contributed by atoms with Crippen molar-refractivity contribution < 1.29 is 13.9 Å². The first kappa shape index (κ1) is 18.9. The standard InChI is InChI=1S/C21H22FN3O2/c1-15(17-4-6-18(7-5-17)21(26)27-2)24-9-11-25(12-10-24)20-8-3-16(14-23)13-19(20)22/h3-8,13,15H,9-12H2,1-2H3. The normalized spacial score (nSPS) is 15.9. The van der Waals surface area contributed by atoms with E-state index in [1.807, 2.05) is 23.1 Å². The maximum absolute atomic E-state index is 14.2. The molecule has 1 heterocycles. The van der Waals surface area contributed by atoms with Gasteiger partial charge in [-0.15, -0.1) is 0 Å². The summed E-state index contributed by atoms with van der Waals surface area (Å²) in [6.45, 7) is 5.17. The Morgan fingerprint density at radius 1 is 1.15 bits per heavy atom. The van der Waals surface area contributed by atoms with Crippen LogP contribution < -0.4 is 4.90 Å². The molecule has 0 aliphatic carbocycles. The Balaban J connectivity index is 1.63. The first-order chi connectivity index (χ1) is 13.0. The number of carbonyl (C=O) groups excluding carboxylic acids is 1. The Hall–Kier alpha value is -2.91. The van der Waals surface area contributed by atoms with Crippen molar-refractivity contribution in [2.75, 3.05) is 38.2 Å². The van der Waals surface area contributed by atoms with Gasteiger partial charge in [-0.25, -0.2) is 9.18 Å². The number of hydrogen-bond donors (Lipinski definition) is 0. The van der Waals surface area contributed by atoms with Crippen LogP contribution in [0.4, 0.5) is 10.1 Å². The molecular formula is C21H22FN3O2. The van der Waals surface area contributed by atoms with Gasteiger partial charge in [-0.05, 0) is 42.8 Å². The van der Waals surface area contributed by atoms with Crippen LogP contribution in [0.5, 0.6) is 0 Å². The van der Waals surface area contributed by atoms with Crippen molar-refractivity contribution in [3.63, 3.8) is 0 Å². The summed E-state index contributed by atoms with van der Waals surface area (Å²) in [5.74, 6) is -0.693. The minimum atomic E-state index is -0.353. The van der Waals surface area contributed by atoms with Gasteiger partial charge in [0.15, 0.2) is 0 Å². The molecule has 2 aromatic rings. The summed E-state index contributed by atoms with van der Waals surface area (Å²) in [6, 6.07) is 14.2. The minimum absolute atomic E-state index is 0.199. The monoisotopic (exact) mass is 367 g/mol. The SMILES string of the molecule is COC(=O)c1ccc(C(C)N2CCN(c3ccc(C#N)cc3F)CC2)cc1. The van der Waals surface area contributed by atoms with Crippen LogP contribution >= 0.6 is 0 Å². The van der Waals surface area contributed by atoms with Crippen LogP contribution in [0.15, 0.2) is 42.5 Å². The number of anilines is 1. The van der Waals surface area contributed by atoms with Crippen molar-refractivity contribution in [2.45, 2.75) is 13.0 Å². The number of hydrogen-bond acceptors (Lipinski definition) is 5. The first-order valence-corrected chi connectivity index (χ1v) is 8.90. The number of rotatable bonds is 4. The van der Waals surface area contributed by atoms with E-state index in [0.29, 0.717) is 29.9 Å². The maximum atomic E-state index is 14.2. The zero-order chi connectivity index (χ0) is 19.4. The van der Waals surface area contributed by atoms with E-state index in [1.165, 1.54) is 13.2 Å². The molecule has 0 bridgehead atoms. The van der Waals surface area contributed by atoms with Gasteiger partial charge in [-0.3, -0.25) is 4.90 Å². The molecule has 140 valence electrons. The first-order valence-electron chi connectivity index (χ1n) is 8.90. The Morgan fingerprint density at radius 3 is 2.37 bits per heavy atom. The van der Waals surface area contributed by atoms with Gasteiger partial charge in [0.25, 0.3) is 0 Å². The molecule has 1 fully saturated rings. The fraction of sp³-hybridized carbons (Fsp3) is 0.333. The van der Waals surface area contributed by atoms with Gasteiger partial charge in [-0.1, -0.05) is 12.1 Å². The molecule has 0 N–H and O–H groups in total. The fourth-order valence-corrected chi connectivity index (χ4v) is 3.41. The molecule has 1 aliphatic rings. The number of benzene rings is 2. The lowest BCUT2D eigenvalue weighted by Gasteiger charge is -2.39. The number of nitrogens with zero attached hydrogens (tertiary/aromatic N) is 3. The Bertz CT molecular complexity index is 853. The zero-order valence-electron chi connectivity index (χ0n) is 15.5. The quantitative estimate of drug-likeness (QED) is 0.776. The Morgan fingerprint density at radius 2 is 1.81 bits per heavy atom. The van der Waals surface area contributed by atoms with Crippen molar-refractivity contribution >= 4 is 11.7 Å². The van der Waals surface area contributed by atoms with E-state index >= 15 is 0 Å². The third-order valence-electron chi connectivity index (χ3n) is 5.09. The molecule has 0 radical (unpaired) electrons. The summed E-state index contributed by atoms with van der Waals surface area (Å²) in [5.41, 5.74) is 2.54. The van der Waals surface area contributed by atoms with Gasteiger partial charge in [0, 0.05) is 32.2 Å². The van der Waals surface area contributed by atoms with Crippen molar-refractivity contribution in [1.82, 2.24) is 4.90 Å². The average Bonchev–Trinajstić information content (AvgIpc) is 2.72. The highest BCUT2D eigenvalue weighted by atomic mass is 19.1. The second-order valence-electron chi connectivity index (χ2n) is 6.59. The van der Waals surface area contributed by atoms with E-state index < -0.39 is 0 Å². The van der Waals surface area contributed by atoms with Gasteiger partial charge in [0.1, 0.15) is 5.82 Å². The molecular weight excluding hydrogens is 345 g/mol. The van der Waals surface area contributed by atoms with Crippen molar-refractivity contribution in [1.29, 1.82) is 5.26 Å². The van der Waals surface area contributed by atoms with Gasteiger partial charge in [0.2, 0.25) is 0 Å². The van der Waals surface area contributed by atoms with E-state index in [-0.39, 0.29) is 17.8 Å². The highest BCUT2D eigenvalue weighted by Gasteiger charge is 2.24. The van der Waals surface area contributed by atoms with Crippen LogP contribution in [0, 0.1) is 17.1 Å². The Kier molecular flexibility index (Phi) is 5.72. The molecule has 0 saturated carbocycles. The third kappa shape index (κ3) is 4.09. The van der Waals surface area contributed by atoms with E-state index in [2.05, 4.69) is 11.8 Å². The van der Waals surface area contributed by atoms with Crippen LogP contribution in [-0.4, -0.2) is 44.2 Å². The molecule has 1 aliphatic heterocycles. The lowest BCUT2D eigenvalue weighted by molar-refractivity contribution is 0.0600. The number of halogens is 1. The maximum Gasteiger partial charge on any atom is 0.337 e. The second-order valence-corrected chi connectivity index (χ2v) is 6.59. The van der Waals surface area contributed by atoms with E-state index in [1.54, 1.807) is 24.3 Å². The summed E-state index contributed by atoms with van der Waals surface area (Å²) >= 11 is 0. The third-order valence-corrected chi connectivity index (χ3v) is 5.09. The molecule has 0 spiro atoms. The predicted molar refractivity (Wildman–Crippen MR) is 101 cm³/mol.